The average Bonchev–Trinajstić information content (AvgIpc) is 2.88. The van der Waals surface area contributed by atoms with E-state index in [0.29, 0.717) is 12.0 Å². The van der Waals surface area contributed by atoms with Crippen molar-refractivity contribution in [3.8, 4) is 0 Å². The molecule has 1 unspecified atom stereocenters. The monoisotopic (exact) mass is 262 g/mol. The van der Waals surface area contributed by atoms with Crippen LogP contribution in [0.15, 0.2) is 6.07 Å². The quantitative estimate of drug-likeness (QED) is 0.885. The van der Waals surface area contributed by atoms with E-state index >= 15 is 0 Å². The number of nitrogens with one attached hydrogen (secondary N) is 1. The van der Waals surface area contributed by atoms with Crippen LogP contribution in [0.25, 0.3) is 0 Å². The summed E-state index contributed by atoms with van der Waals surface area (Å²) in [7, 11) is 0. The van der Waals surface area contributed by atoms with Gasteiger partial charge in [0.15, 0.2) is 0 Å². The summed E-state index contributed by atoms with van der Waals surface area (Å²) in [4.78, 5) is 11.8. The number of hydrogen-bond donors (Lipinski definition) is 1. The van der Waals surface area contributed by atoms with Gasteiger partial charge < -0.3 is 10.2 Å². The van der Waals surface area contributed by atoms with E-state index in [-0.39, 0.29) is 0 Å². The number of hydrogen-bond acceptors (Lipinski definition) is 4. The molecular weight excluding hydrogens is 236 g/mol. The van der Waals surface area contributed by atoms with Gasteiger partial charge in [-0.2, -0.15) is 0 Å². The zero-order valence-corrected chi connectivity index (χ0v) is 12.6. The molecule has 0 radical (unpaired) electrons. The van der Waals surface area contributed by atoms with Crippen LogP contribution in [0.3, 0.4) is 0 Å². The van der Waals surface area contributed by atoms with Crippen molar-refractivity contribution < 1.29 is 0 Å². The molecule has 0 saturated carbocycles. The zero-order valence-electron chi connectivity index (χ0n) is 12.6. The van der Waals surface area contributed by atoms with Crippen molar-refractivity contribution in [1.82, 2.24) is 15.3 Å². The van der Waals surface area contributed by atoms with Crippen LogP contribution in [0.1, 0.15) is 50.9 Å². The molecule has 19 heavy (non-hydrogen) atoms. The van der Waals surface area contributed by atoms with Gasteiger partial charge >= 0.3 is 0 Å². The highest BCUT2D eigenvalue weighted by molar-refractivity contribution is 5.35. The predicted octanol–water partition coefficient (Wildman–Crippen LogP) is 2.49. The van der Waals surface area contributed by atoms with Gasteiger partial charge in [0.05, 0.1) is 0 Å². The molecule has 4 heteroatoms. The number of rotatable bonds is 5. The minimum Gasteiger partial charge on any atom is -0.337 e. The summed E-state index contributed by atoms with van der Waals surface area (Å²) < 4.78 is 0. The Morgan fingerprint density at radius 2 is 2.21 bits per heavy atom. The third-order valence-corrected chi connectivity index (χ3v) is 3.65. The predicted molar refractivity (Wildman–Crippen MR) is 79.8 cm³/mol. The number of anilines is 1. The maximum atomic E-state index is 4.78. The molecule has 1 aliphatic rings. The van der Waals surface area contributed by atoms with E-state index in [1.54, 1.807) is 0 Å². The highest BCUT2D eigenvalue weighted by atomic mass is 15.3. The van der Waals surface area contributed by atoms with E-state index < -0.39 is 0 Å². The minimum absolute atomic E-state index is 0.450. The molecular formula is C15H26N4. The lowest BCUT2D eigenvalue weighted by Gasteiger charge is -2.29. The van der Waals surface area contributed by atoms with Gasteiger partial charge in [0.1, 0.15) is 0 Å². The Hall–Kier alpha value is -1.16. The van der Waals surface area contributed by atoms with Gasteiger partial charge in [0, 0.05) is 30.5 Å². The fourth-order valence-corrected chi connectivity index (χ4v) is 2.59. The number of aryl methyl sites for hydroxylation is 1. The second kappa shape index (κ2) is 6.33. The van der Waals surface area contributed by atoms with E-state index in [1.165, 1.54) is 6.42 Å². The van der Waals surface area contributed by atoms with Gasteiger partial charge in [0.2, 0.25) is 5.95 Å². The first-order valence-electron chi connectivity index (χ1n) is 7.44. The number of nitrogens with zero attached hydrogens (tertiary/aromatic N) is 3. The summed E-state index contributed by atoms with van der Waals surface area (Å²) in [6.07, 6.45) is 2.32. The van der Waals surface area contributed by atoms with Gasteiger partial charge in [0.25, 0.3) is 0 Å². The molecule has 4 nitrogen and oxygen atoms in total. The summed E-state index contributed by atoms with van der Waals surface area (Å²) in [6.45, 7) is 11.8. The lowest BCUT2D eigenvalue weighted by molar-refractivity contribution is 0.605. The van der Waals surface area contributed by atoms with Gasteiger partial charge in [-0.25, -0.2) is 9.97 Å². The van der Waals surface area contributed by atoms with E-state index in [4.69, 9.17) is 4.98 Å². The first kappa shape index (κ1) is 14.3. The van der Waals surface area contributed by atoms with Crippen molar-refractivity contribution in [3.05, 3.63) is 17.5 Å². The molecule has 1 atom stereocenters. The summed E-state index contributed by atoms with van der Waals surface area (Å²) in [6, 6.07) is 2.65. The maximum Gasteiger partial charge on any atom is 0.226 e. The Morgan fingerprint density at radius 1 is 1.42 bits per heavy atom. The van der Waals surface area contributed by atoms with Gasteiger partial charge in [-0.1, -0.05) is 20.8 Å². The normalized spacial score (nSPS) is 19.1. The van der Waals surface area contributed by atoms with Crippen molar-refractivity contribution in [1.29, 1.82) is 0 Å². The average molecular weight is 262 g/mol. The molecule has 1 aromatic heterocycles. The van der Waals surface area contributed by atoms with Crippen LogP contribution in [-0.2, 0) is 0 Å². The van der Waals surface area contributed by atoms with Crippen molar-refractivity contribution in [2.24, 2.45) is 0 Å². The summed E-state index contributed by atoms with van der Waals surface area (Å²) >= 11 is 0. The van der Waals surface area contributed by atoms with Crippen LogP contribution >= 0.6 is 0 Å². The molecule has 0 spiro atoms. The molecule has 1 N–H and O–H groups in total. The van der Waals surface area contributed by atoms with Crippen molar-refractivity contribution in [2.45, 2.75) is 52.5 Å². The molecule has 0 amide bonds. The first-order chi connectivity index (χ1) is 9.11. The van der Waals surface area contributed by atoms with Crippen LogP contribution in [0.2, 0.25) is 0 Å². The Balaban J connectivity index is 2.29. The van der Waals surface area contributed by atoms with Gasteiger partial charge in [-0.15, -0.1) is 0 Å². The van der Waals surface area contributed by atoms with E-state index in [2.05, 4.69) is 49.0 Å². The Bertz CT molecular complexity index is 411. The third-order valence-electron chi connectivity index (χ3n) is 3.65. The zero-order chi connectivity index (χ0) is 13.8. The molecule has 2 heterocycles. The molecule has 0 bridgehead atoms. The molecule has 1 aromatic rings. The highest BCUT2D eigenvalue weighted by Gasteiger charge is 2.24. The van der Waals surface area contributed by atoms with Crippen LogP contribution in [0.5, 0.6) is 0 Å². The van der Waals surface area contributed by atoms with Gasteiger partial charge in [-0.05, 0) is 38.3 Å². The van der Waals surface area contributed by atoms with Crippen molar-refractivity contribution in [3.63, 3.8) is 0 Å². The van der Waals surface area contributed by atoms with Crippen LogP contribution in [-0.4, -0.2) is 35.6 Å². The molecule has 1 fully saturated rings. The van der Waals surface area contributed by atoms with E-state index in [1.807, 2.05) is 0 Å². The summed E-state index contributed by atoms with van der Waals surface area (Å²) in [5, 5.41) is 3.44. The van der Waals surface area contributed by atoms with Crippen molar-refractivity contribution in [2.75, 3.05) is 24.5 Å². The van der Waals surface area contributed by atoms with Crippen LogP contribution < -0.4 is 10.2 Å². The maximum absolute atomic E-state index is 4.78. The SMILES string of the molecule is CCCN(c1nc(C)cc(C(C)C)n1)C1CCNC1. The van der Waals surface area contributed by atoms with E-state index in [0.717, 1.165) is 43.4 Å². The van der Waals surface area contributed by atoms with Crippen LogP contribution in [0, 0.1) is 6.92 Å². The van der Waals surface area contributed by atoms with Gasteiger partial charge in [-0.3, -0.25) is 0 Å². The third kappa shape index (κ3) is 3.44. The smallest absolute Gasteiger partial charge is 0.226 e. The van der Waals surface area contributed by atoms with Crippen LogP contribution in [0.4, 0.5) is 5.95 Å². The first-order valence-corrected chi connectivity index (χ1v) is 7.44. The summed E-state index contributed by atoms with van der Waals surface area (Å²) in [5.74, 6) is 1.37. The Labute approximate surface area is 116 Å². The molecule has 1 aliphatic heterocycles. The number of aromatic nitrogens is 2. The van der Waals surface area contributed by atoms with E-state index in [9.17, 15) is 0 Å². The molecule has 2 rings (SSSR count). The lowest BCUT2D eigenvalue weighted by atomic mass is 10.1. The standard InChI is InChI=1S/C15H26N4/c1-5-8-19(13-6-7-16-10-13)15-17-12(4)9-14(18-15)11(2)3/h9,11,13,16H,5-8,10H2,1-4H3. The largest absolute Gasteiger partial charge is 0.337 e. The molecule has 106 valence electrons. The summed E-state index contributed by atoms with van der Waals surface area (Å²) in [5.41, 5.74) is 2.22. The Kier molecular flexibility index (Phi) is 4.75. The second-order valence-corrected chi connectivity index (χ2v) is 5.73. The molecule has 0 aliphatic carbocycles. The topological polar surface area (TPSA) is 41.1 Å². The Morgan fingerprint density at radius 3 is 2.79 bits per heavy atom. The molecule has 1 saturated heterocycles. The fourth-order valence-electron chi connectivity index (χ4n) is 2.59. The lowest BCUT2D eigenvalue weighted by Crippen LogP contribution is -2.39. The minimum atomic E-state index is 0.450. The molecule has 0 aromatic carbocycles. The highest BCUT2D eigenvalue weighted by Crippen LogP contribution is 2.20. The van der Waals surface area contributed by atoms with Crippen molar-refractivity contribution >= 4 is 5.95 Å². The fraction of sp³-hybridized carbons (Fsp3) is 0.733. The second-order valence-electron chi connectivity index (χ2n) is 5.73.